The standard InChI is InChI=1S/C32H31NO5S.Li/c1-22-8-6-7-11-27(22)29-20-23(12-17-28(29)31(34)33-30(32(35)36)18-19-39-2)21-37-24-13-15-26(16-14-24)38-25-9-4-3-5-10-25;/h3-17,20,30H,18-19,21H2,1-2H3,(H,33,34)(H,35,36);/q;+1. The third-order valence-electron chi connectivity index (χ3n) is 6.19. The van der Waals surface area contributed by atoms with Crippen molar-refractivity contribution in [2.75, 3.05) is 12.0 Å². The number of carboxylic acid groups (broad SMARTS) is 1. The maximum Gasteiger partial charge on any atom is 1.00 e. The van der Waals surface area contributed by atoms with Crippen molar-refractivity contribution in [2.24, 2.45) is 0 Å². The fraction of sp³-hybridized carbons (Fsp3) is 0.188. The predicted octanol–water partition coefficient (Wildman–Crippen LogP) is 3.97. The molecule has 0 saturated carbocycles. The van der Waals surface area contributed by atoms with Gasteiger partial charge in [0.1, 0.15) is 29.9 Å². The molecular formula is C32H31LiNO5S+. The molecule has 0 aliphatic carbocycles. The minimum absolute atomic E-state index is 0. The van der Waals surface area contributed by atoms with Gasteiger partial charge in [-0.3, -0.25) is 4.79 Å². The minimum Gasteiger partial charge on any atom is -0.489 e. The molecule has 40 heavy (non-hydrogen) atoms. The van der Waals surface area contributed by atoms with E-state index in [1.54, 1.807) is 17.8 Å². The maximum atomic E-state index is 13.3. The fourth-order valence-electron chi connectivity index (χ4n) is 4.10. The van der Waals surface area contributed by atoms with Crippen molar-refractivity contribution in [3.05, 3.63) is 114 Å². The number of para-hydroxylation sites is 1. The molecule has 4 aromatic carbocycles. The zero-order chi connectivity index (χ0) is 27.6. The van der Waals surface area contributed by atoms with E-state index in [9.17, 15) is 14.7 Å². The van der Waals surface area contributed by atoms with Gasteiger partial charge >= 0.3 is 24.8 Å². The number of aryl methyl sites for hydroxylation is 1. The first-order valence-corrected chi connectivity index (χ1v) is 14.0. The molecule has 0 aliphatic rings. The molecule has 0 spiro atoms. The van der Waals surface area contributed by atoms with Gasteiger partial charge in [0.2, 0.25) is 0 Å². The molecule has 0 heterocycles. The number of aliphatic carboxylic acids is 1. The summed E-state index contributed by atoms with van der Waals surface area (Å²) in [6.07, 6.45) is 2.26. The van der Waals surface area contributed by atoms with Crippen LogP contribution in [0.3, 0.4) is 0 Å². The number of amides is 1. The van der Waals surface area contributed by atoms with Crippen molar-refractivity contribution in [3.8, 4) is 28.4 Å². The molecule has 1 atom stereocenters. The van der Waals surface area contributed by atoms with E-state index in [0.717, 1.165) is 28.0 Å². The summed E-state index contributed by atoms with van der Waals surface area (Å²) >= 11 is 1.54. The third kappa shape index (κ3) is 8.43. The number of hydrogen-bond donors (Lipinski definition) is 2. The number of rotatable bonds is 12. The average molecular weight is 549 g/mol. The van der Waals surface area contributed by atoms with Crippen LogP contribution in [0.5, 0.6) is 17.2 Å². The van der Waals surface area contributed by atoms with Crippen LogP contribution in [-0.4, -0.2) is 35.0 Å². The molecule has 0 bridgehead atoms. The zero-order valence-electron chi connectivity index (χ0n) is 22.9. The summed E-state index contributed by atoms with van der Waals surface area (Å²) in [4.78, 5) is 25.0. The molecule has 200 valence electrons. The summed E-state index contributed by atoms with van der Waals surface area (Å²) < 4.78 is 11.9. The van der Waals surface area contributed by atoms with E-state index in [2.05, 4.69) is 5.32 Å². The fourth-order valence-corrected chi connectivity index (χ4v) is 4.57. The van der Waals surface area contributed by atoms with E-state index >= 15 is 0 Å². The molecule has 0 saturated heterocycles. The molecule has 0 aliphatic heterocycles. The van der Waals surface area contributed by atoms with Gasteiger partial charge in [0.15, 0.2) is 0 Å². The number of hydrogen-bond acceptors (Lipinski definition) is 5. The Morgan fingerprint density at radius 3 is 2.17 bits per heavy atom. The van der Waals surface area contributed by atoms with E-state index < -0.39 is 17.9 Å². The zero-order valence-corrected chi connectivity index (χ0v) is 23.7. The Kier molecular flexibility index (Phi) is 11.8. The van der Waals surface area contributed by atoms with Crippen molar-refractivity contribution >= 4 is 23.6 Å². The van der Waals surface area contributed by atoms with Gasteiger partial charge in [-0.2, -0.15) is 11.8 Å². The molecule has 2 N–H and O–H groups in total. The van der Waals surface area contributed by atoms with Gasteiger partial charge in [-0.25, -0.2) is 4.79 Å². The summed E-state index contributed by atoms with van der Waals surface area (Å²) in [5.74, 6) is 1.34. The van der Waals surface area contributed by atoms with Crippen LogP contribution in [-0.2, 0) is 11.4 Å². The first-order valence-electron chi connectivity index (χ1n) is 12.6. The number of nitrogens with one attached hydrogen (secondary N) is 1. The van der Waals surface area contributed by atoms with Gasteiger partial charge in [0.25, 0.3) is 5.91 Å². The van der Waals surface area contributed by atoms with Crippen LogP contribution in [0.25, 0.3) is 11.1 Å². The summed E-state index contributed by atoms with van der Waals surface area (Å²) in [6, 6.07) is 29.3. The van der Waals surface area contributed by atoms with E-state index in [1.807, 2.05) is 104 Å². The second-order valence-corrected chi connectivity index (χ2v) is 10.0. The molecule has 4 rings (SSSR count). The van der Waals surface area contributed by atoms with Gasteiger partial charge in [-0.1, -0.05) is 48.5 Å². The van der Waals surface area contributed by atoms with Gasteiger partial charge < -0.3 is 19.9 Å². The summed E-state index contributed by atoms with van der Waals surface area (Å²) in [5, 5.41) is 12.3. The molecule has 1 unspecified atom stereocenters. The maximum absolute atomic E-state index is 13.3. The number of carbonyl (C=O) groups excluding carboxylic acids is 1. The topological polar surface area (TPSA) is 84.9 Å². The quantitative estimate of drug-likeness (QED) is 0.261. The van der Waals surface area contributed by atoms with Crippen LogP contribution >= 0.6 is 11.8 Å². The largest absolute Gasteiger partial charge is 1.00 e. The van der Waals surface area contributed by atoms with Crippen molar-refractivity contribution in [1.29, 1.82) is 0 Å². The summed E-state index contributed by atoms with van der Waals surface area (Å²) in [7, 11) is 0. The Morgan fingerprint density at radius 2 is 1.50 bits per heavy atom. The second kappa shape index (κ2) is 15.2. The first kappa shape index (κ1) is 30.9. The molecule has 0 aromatic heterocycles. The number of ether oxygens (including phenoxy) is 2. The summed E-state index contributed by atoms with van der Waals surface area (Å²) in [6.45, 7) is 2.28. The molecule has 6 nitrogen and oxygen atoms in total. The van der Waals surface area contributed by atoms with E-state index in [4.69, 9.17) is 9.47 Å². The van der Waals surface area contributed by atoms with Crippen LogP contribution in [0.15, 0.2) is 97.1 Å². The van der Waals surface area contributed by atoms with Crippen molar-refractivity contribution < 1.29 is 43.0 Å². The number of benzene rings is 4. The molecule has 8 heteroatoms. The number of carbonyl (C=O) groups is 2. The monoisotopic (exact) mass is 548 g/mol. The Hall–Kier alpha value is -3.63. The normalized spacial score (nSPS) is 11.2. The third-order valence-corrected chi connectivity index (χ3v) is 6.83. The van der Waals surface area contributed by atoms with Crippen molar-refractivity contribution in [2.45, 2.75) is 26.0 Å². The molecule has 0 radical (unpaired) electrons. The number of carboxylic acids is 1. The van der Waals surface area contributed by atoms with Crippen molar-refractivity contribution in [1.82, 2.24) is 5.32 Å². The van der Waals surface area contributed by atoms with Gasteiger partial charge in [-0.05, 0) is 96.1 Å². The van der Waals surface area contributed by atoms with Crippen LogP contribution in [0.4, 0.5) is 0 Å². The van der Waals surface area contributed by atoms with Gasteiger partial charge in [-0.15, -0.1) is 0 Å². The molecular weight excluding hydrogens is 517 g/mol. The summed E-state index contributed by atoms with van der Waals surface area (Å²) in [5.41, 5.74) is 3.95. The van der Waals surface area contributed by atoms with Crippen LogP contribution < -0.4 is 33.7 Å². The SMILES string of the molecule is CSCCC(NC(=O)c1ccc(COc2ccc(Oc3ccccc3)cc2)cc1-c1ccccc1C)C(=O)O.[Li+]. The smallest absolute Gasteiger partial charge is 0.489 e. The minimum atomic E-state index is -1.04. The van der Waals surface area contributed by atoms with Crippen LogP contribution in [0.1, 0.15) is 27.9 Å². The van der Waals surface area contributed by atoms with E-state index in [1.165, 1.54) is 0 Å². The number of thioether (sulfide) groups is 1. The molecule has 0 fully saturated rings. The first-order chi connectivity index (χ1) is 18.9. The predicted molar refractivity (Wildman–Crippen MR) is 156 cm³/mol. The van der Waals surface area contributed by atoms with E-state index in [-0.39, 0.29) is 18.9 Å². The van der Waals surface area contributed by atoms with Gasteiger partial charge in [0, 0.05) is 5.56 Å². The average Bonchev–Trinajstić information content (AvgIpc) is 2.95. The Bertz CT molecular complexity index is 1410. The van der Waals surface area contributed by atoms with Crippen molar-refractivity contribution in [3.63, 3.8) is 0 Å². The van der Waals surface area contributed by atoms with Crippen LogP contribution in [0.2, 0.25) is 0 Å². The molecule has 4 aromatic rings. The second-order valence-electron chi connectivity index (χ2n) is 9.02. The van der Waals surface area contributed by atoms with E-state index in [0.29, 0.717) is 35.8 Å². The molecule has 1 amide bonds. The Morgan fingerprint density at radius 1 is 0.850 bits per heavy atom. The van der Waals surface area contributed by atoms with Gasteiger partial charge in [0.05, 0.1) is 0 Å². The Balaban J connectivity index is 0.00000441. The van der Waals surface area contributed by atoms with Crippen LogP contribution in [0, 0.1) is 6.92 Å². The Labute approximate surface area is 251 Å².